The Bertz CT molecular complexity index is 917. The van der Waals surface area contributed by atoms with Gasteiger partial charge in [-0.05, 0) is 68.5 Å². The molecule has 0 bridgehead atoms. The lowest BCUT2D eigenvalue weighted by atomic mass is 9.80. The van der Waals surface area contributed by atoms with Gasteiger partial charge in [-0.25, -0.2) is 0 Å². The maximum Gasteiger partial charge on any atom is 0.242 e. The zero-order valence-corrected chi connectivity index (χ0v) is 22.3. The quantitative estimate of drug-likeness (QED) is 0.417. The van der Waals surface area contributed by atoms with Gasteiger partial charge >= 0.3 is 0 Å². The van der Waals surface area contributed by atoms with Crippen LogP contribution in [0, 0.1) is 16.7 Å². The number of primary amides is 1. The first kappa shape index (κ1) is 27.6. The molecule has 3 fully saturated rings. The third kappa shape index (κ3) is 7.11. The number of rotatable bonds is 10. The minimum Gasteiger partial charge on any atom is -0.381 e. The lowest BCUT2D eigenvalue weighted by Gasteiger charge is -2.41. The maximum absolute atomic E-state index is 13.4. The van der Waals surface area contributed by atoms with Gasteiger partial charge in [-0.3, -0.25) is 14.4 Å². The van der Waals surface area contributed by atoms with Crippen molar-refractivity contribution in [1.29, 1.82) is 0 Å². The number of carbonyl (C=O) groups excluding carboxylic acids is 3. The minimum absolute atomic E-state index is 0.0169. The number of hydrogen-bond acceptors (Lipinski definition) is 5. The Kier molecular flexibility index (Phi) is 9.24. The van der Waals surface area contributed by atoms with Crippen LogP contribution in [0.4, 0.5) is 0 Å². The first-order chi connectivity index (χ1) is 17.8. The van der Waals surface area contributed by atoms with Gasteiger partial charge in [0.25, 0.3) is 0 Å². The summed E-state index contributed by atoms with van der Waals surface area (Å²) in [6.45, 7) is 7.78. The van der Waals surface area contributed by atoms with Crippen LogP contribution in [0.1, 0.15) is 63.9 Å². The highest BCUT2D eigenvalue weighted by atomic mass is 16.5. The zero-order chi connectivity index (χ0) is 26.3. The number of nitrogens with zero attached hydrogens (tertiary/aromatic N) is 1. The molecule has 2 heterocycles. The Balaban J connectivity index is 1.34. The molecule has 1 atom stereocenters. The molecule has 8 heteroatoms. The second-order valence-corrected chi connectivity index (χ2v) is 11.8. The van der Waals surface area contributed by atoms with E-state index in [-0.39, 0.29) is 11.3 Å². The van der Waals surface area contributed by atoms with Crippen LogP contribution in [0.15, 0.2) is 30.3 Å². The predicted octanol–water partition coefficient (Wildman–Crippen LogP) is 2.40. The summed E-state index contributed by atoms with van der Waals surface area (Å²) in [7, 11) is 0. The average Bonchev–Trinajstić information content (AvgIpc) is 3.42. The van der Waals surface area contributed by atoms with Gasteiger partial charge in [-0.1, -0.05) is 50.1 Å². The number of carbonyl (C=O) groups is 3. The zero-order valence-electron chi connectivity index (χ0n) is 22.3. The van der Waals surface area contributed by atoms with Crippen molar-refractivity contribution in [2.45, 2.75) is 70.8 Å². The Morgan fingerprint density at radius 2 is 1.70 bits per heavy atom. The first-order valence-corrected chi connectivity index (χ1v) is 14.0. The third-order valence-electron chi connectivity index (χ3n) is 8.88. The van der Waals surface area contributed by atoms with Crippen molar-refractivity contribution < 1.29 is 19.1 Å². The number of benzene rings is 1. The molecule has 1 aromatic rings. The van der Waals surface area contributed by atoms with Gasteiger partial charge in [0.1, 0.15) is 11.5 Å². The number of amides is 3. The van der Waals surface area contributed by atoms with Crippen LogP contribution in [0.2, 0.25) is 0 Å². The molecule has 4 N–H and O–H groups in total. The fourth-order valence-electron chi connectivity index (χ4n) is 6.09. The summed E-state index contributed by atoms with van der Waals surface area (Å²) in [6, 6.07) is 8.89. The smallest absolute Gasteiger partial charge is 0.242 e. The SMILES string of the molecule is CC1(CNC(=O)[C@@H](Cc2ccccc2)NC(=O)C2(C(N)=O)CCCC2)CCN(CC2CCOCC2)CC1. The molecule has 3 amide bonds. The standard InChI is InChI=1S/C29H44N4O4/c1-28(13-15-33(16-14-28)20-23-9-17-37-18-10-23)21-31-25(34)24(19-22-7-3-2-4-8-22)32-27(36)29(26(30)35)11-5-6-12-29/h2-4,7-8,23-24H,5-6,9-21H2,1H3,(H2,30,35)(H,31,34)(H,32,36)/t24-/m1/s1. The van der Waals surface area contributed by atoms with Gasteiger partial charge in [0.05, 0.1) is 0 Å². The lowest BCUT2D eigenvalue weighted by Crippen LogP contribution is -2.56. The lowest BCUT2D eigenvalue weighted by molar-refractivity contribution is -0.143. The minimum atomic E-state index is -1.21. The van der Waals surface area contributed by atoms with E-state index < -0.39 is 23.3 Å². The molecular formula is C29H44N4O4. The van der Waals surface area contributed by atoms with Crippen LogP contribution in [0.3, 0.4) is 0 Å². The number of hydrogen-bond donors (Lipinski definition) is 3. The molecule has 1 saturated carbocycles. The molecule has 204 valence electrons. The molecule has 1 aromatic carbocycles. The highest BCUT2D eigenvalue weighted by Gasteiger charge is 2.47. The fraction of sp³-hybridized carbons (Fsp3) is 0.690. The summed E-state index contributed by atoms with van der Waals surface area (Å²) < 4.78 is 5.50. The summed E-state index contributed by atoms with van der Waals surface area (Å²) in [5, 5.41) is 6.05. The van der Waals surface area contributed by atoms with E-state index in [1.165, 1.54) is 0 Å². The van der Waals surface area contributed by atoms with Gasteiger partial charge in [0.15, 0.2) is 0 Å². The van der Waals surface area contributed by atoms with Crippen LogP contribution in [0.25, 0.3) is 0 Å². The Labute approximate surface area is 221 Å². The Morgan fingerprint density at radius 1 is 1.05 bits per heavy atom. The molecular weight excluding hydrogens is 468 g/mol. The first-order valence-electron chi connectivity index (χ1n) is 14.0. The van der Waals surface area contributed by atoms with Crippen molar-refractivity contribution >= 4 is 17.7 Å². The number of nitrogens with one attached hydrogen (secondary N) is 2. The molecule has 3 aliphatic rings. The predicted molar refractivity (Wildman–Crippen MR) is 143 cm³/mol. The molecule has 0 spiro atoms. The van der Waals surface area contributed by atoms with Crippen LogP contribution in [0.5, 0.6) is 0 Å². The Hall–Kier alpha value is -2.45. The van der Waals surface area contributed by atoms with E-state index in [1.807, 2.05) is 30.3 Å². The summed E-state index contributed by atoms with van der Waals surface area (Å²) in [4.78, 5) is 41.5. The van der Waals surface area contributed by atoms with E-state index in [2.05, 4.69) is 22.5 Å². The van der Waals surface area contributed by atoms with Gasteiger partial charge in [0.2, 0.25) is 17.7 Å². The molecule has 2 aliphatic heterocycles. The van der Waals surface area contributed by atoms with Crippen molar-refractivity contribution in [2.75, 3.05) is 39.4 Å². The molecule has 37 heavy (non-hydrogen) atoms. The monoisotopic (exact) mass is 512 g/mol. The number of piperidine rings is 1. The molecule has 1 aliphatic carbocycles. The van der Waals surface area contributed by atoms with Crippen molar-refractivity contribution in [3.63, 3.8) is 0 Å². The van der Waals surface area contributed by atoms with E-state index in [1.54, 1.807) is 0 Å². The van der Waals surface area contributed by atoms with Crippen LogP contribution in [-0.4, -0.2) is 68.1 Å². The molecule has 0 unspecified atom stereocenters. The second-order valence-electron chi connectivity index (χ2n) is 11.8. The van der Waals surface area contributed by atoms with E-state index >= 15 is 0 Å². The number of nitrogens with two attached hydrogens (primary N) is 1. The van der Waals surface area contributed by atoms with E-state index in [9.17, 15) is 14.4 Å². The van der Waals surface area contributed by atoms with E-state index in [0.717, 1.165) is 82.9 Å². The van der Waals surface area contributed by atoms with Crippen LogP contribution < -0.4 is 16.4 Å². The normalized spacial score (nSPS) is 22.7. The maximum atomic E-state index is 13.4. The molecule has 2 saturated heterocycles. The molecule has 0 radical (unpaired) electrons. The topological polar surface area (TPSA) is 114 Å². The van der Waals surface area contributed by atoms with Gasteiger partial charge in [-0.2, -0.15) is 0 Å². The second kappa shape index (κ2) is 12.4. The van der Waals surface area contributed by atoms with Crippen molar-refractivity contribution in [3.8, 4) is 0 Å². The van der Waals surface area contributed by atoms with Crippen molar-refractivity contribution in [3.05, 3.63) is 35.9 Å². The molecule has 8 nitrogen and oxygen atoms in total. The number of ether oxygens (including phenoxy) is 1. The molecule has 4 rings (SSSR count). The van der Waals surface area contributed by atoms with Gasteiger partial charge in [-0.15, -0.1) is 0 Å². The molecule has 0 aromatic heterocycles. The summed E-state index contributed by atoms with van der Waals surface area (Å²) in [5.41, 5.74) is 5.43. The fourth-order valence-corrected chi connectivity index (χ4v) is 6.09. The number of likely N-dealkylation sites (tertiary alicyclic amines) is 1. The third-order valence-corrected chi connectivity index (χ3v) is 8.88. The van der Waals surface area contributed by atoms with Gasteiger partial charge < -0.3 is 26.0 Å². The van der Waals surface area contributed by atoms with Crippen LogP contribution in [-0.2, 0) is 25.5 Å². The van der Waals surface area contributed by atoms with Crippen molar-refractivity contribution in [1.82, 2.24) is 15.5 Å². The summed E-state index contributed by atoms with van der Waals surface area (Å²) >= 11 is 0. The summed E-state index contributed by atoms with van der Waals surface area (Å²) in [6.07, 6.45) is 7.17. The summed E-state index contributed by atoms with van der Waals surface area (Å²) in [5.74, 6) is -0.494. The van der Waals surface area contributed by atoms with Crippen LogP contribution >= 0.6 is 0 Å². The van der Waals surface area contributed by atoms with Crippen molar-refractivity contribution in [2.24, 2.45) is 22.5 Å². The highest BCUT2D eigenvalue weighted by molar-refractivity contribution is 6.05. The van der Waals surface area contributed by atoms with E-state index in [0.29, 0.717) is 25.8 Å². The van der Waals surface area contributed by atoms with Gasteiger partial charge in [0, 0.05) is 32.7 Å². The largest absolute Gasteiger partial charge is 0.381 e. The average molecular weight is 513 g/mol. The van der Waals surface area contributed by atoms with E-state index in [4.69, 9.17) is 10.5 Å². The Morgan fingerprint density at radius 3 is 2.32 bits per heavy atom. The highest BCUT2D eigenvalue weighted by Crippen LogP contribution is 2.38.